The number of H-pyrrole nitrogens is 1. The van der Waals surface area contributed by atoms with Crippen molar-refractivity contribution in [3.63, 3.8) is 0 Å². The maximum atomic E-state index is 11.6. The maximum Gasteiger partial charge on any atom is 0.254 e. The molecule has 0 aromatic carbocycles. The van der Waals surface area contributed by atoms with Gasteiger partial charge in [0.2, 0.25) is 0 Å². The van der Waals surface area contributed by atoms with E-state index < -0.39 is 0 Å². The van der Waals surface area contributed by atoms with Crippen molar-refractivity contribution in [3.05, 3.63) is 27.4 Å². The Morgan fingerprint density at radius 2 is 2.20 bits per heavy atom. The first kappa shape index (κ1) is 11.9. The first-order valence-corrected chi connectivity index (χ1v) is 5.18. The van der Waals surface area contributed by atoms with Crippen LogP contribution >= 0.6 is 0 Å². The molecule has 1 heterocycles. The molecule has 0 saturated heterocycles. The molecule has 0 aliphatic rings. The second kappa shape index (κ2) is 5.07. The third kappa shape index (κ3) is 2.65. The van der Waals surface area contributed by atoms with E-state index in [1.165, 1.54) is 0 Å². The fourth-order valence-electron chi connectivity index (χ4n) is 1.50. The number of aromatic amines is 1. The summed E-state index contributed by atoms with van der Waals surface area (Å²) in [6, 6.07) is 0. The Labute approximate surface area is 89.7 Å². The Hall–Kier alpha value is -1.16. The highest BCUT2D eigenvalue weighted by Gasteiger charge is 2.11. The highest BCUT2D eigenvalue weighted by Crippen LogP contribution is 2.10. The predicted molar refractivity (Wildman–Crippen MR) is 59.3 cm³/mol. The van der Waals surface area contributed by atoms with Crippen LogP contribution in [0.25, 0.3) is 0 Å². The minimum absolute atomic E-state index is 0.0418. The molecule has 0 bridgehead atoms. The van der Waals surface area contributed by atoms with Crippen molar-refractivity contribution in [1.29, 1.82) is 0 Å². The molecule has 0 radical (unpaired) electrons. The Kier molecular flexibility index (Phi) is 4.03. The molecular weight excluding hydrogens is 192 g/mol. The molecule has 0 amide bonds. The van der Waals surface area contributed by atoms with Crippen molar-refractivity contribution in [1.82, 2.24) is 9.97 Å². The summed E-state index contributed by atoms with van der Waals surface area (Å²) in [5.41, 5.74) is 1.54. The van der Waals surface area contributed by atoms with E-state index in [2.05, 4.69) is 9.97 Å². The molecule has 0 saturated carbocycles. The van der Waals surface area contributed by atoms with Crippen molar-refractivity contribution in [2.75, 3.05) is 13.7 Å². The summed E-state index contributed by atoms with van der Waals surface area (Å²) in [7, 11) is 1.64. The van der Waals surface area contributed by atoms with E-state index in [9.17, 15) is 4.79 Å². The van der Waals surface area contributed by atoms with Gasteiger partial charge in [-0.05, 0) is 13.3 Å². The Morgan fingerprint density at radius 1 is 1.53 bits per heavy atom. The van der Waals surface area contributed by atoms with Crippen LogP contribution < -0.4 is 5.56 Å². The number of hydrogen-bond donors (Lipinski definition) is 1. The summed E-state index contributed by atoms with van der Waals surface area (Å²) < 4.78 is 5.04. The van der Waals surface area contributed by atoms with E-state index in [0.29, 0.717) is 18.0 Å². The molecule has 1 atom stereocenters. The lowest BCUT2D eigenvalue weighted by Crippen LogP contribution is -2.20. The van der Waals surface area contributed by atoms with Gasteiger partial charge in [0.1, 0.15) is 5.82 Å². The molecule has 4 heteroatoms. The average molecular weight is 210 g/mol. The average Bonchev–Trinajstić information content (AvgIpc) is 2.22. The van der Waals surface area contributed by atoms with Crippen molar-refractivity contribution in [2.45, 2.75) is 33.1 Å². The number of methoxy groups -OCH3 is 1. The minimum Gasteiger partial charge on any atom is -0.384 e. The van der Waals surface area contributed by atoms with Crippen LogP contribution in [0.5, 0.6) is 0 Å². The zero-order valence-corrected chi connectivity index (χ0v) is 9.76. The molecule has 4 nitrogen and oxygen atoms in total. The van der Waals surface area contributed by atoms with Gasteiger partial charge in [0.25, 0.3) is 5.56 Å². The van der Waals surface area contributed by atoms with Crippen molar-refractivity contribution in [2.24, 2.45) is 0 Å². The summed E-state index contributed by atoms with van der Waals surface area (Å²) in [4.78, 5) is 18.8. The molecule has 1 aromatic rings. The summed E-state index contributed by atoms with van der Waals surface area (Å²) in [5.74, 6) is 0.831. The first-order valence-electron chi connectivity index (χ1n) is 5.18. The van der Waals surface area contributed by atoms with E-state index in [0.717, 1.165) is 12.1 Å². The number of ether oxygens (including phenoxy) is 1. The van der Waals surface area contributed by atoms with E-state index in [1.54, 1.807) is 14.0 Å². The van der Waals surface area contributed by atoms with Gasteiger partial charge >= 0.3 is 0 Å². The minimum atomic E-state index is -0.0418. The van der Waals surface area contributed by atoms with E-state index in [1.807, 2.05) is 13.8 Å². The summed E-state index contributed by atoms with van der Waals surface area (Å²) in [5, 5.41) is 0. The third-order valence-electron chi connectivity index (χ3n) is 2.49. The first-order chi connectivity index (χ1) is 7.10. The van der Waals surface area contributed by atoms with Crippen LogP contribution in [0.3, 0.4) is 0 Å². The van der Waals surface area contributed by atoms with E-state index in [4.69, 9.17) is 4.74 Å². The third-order valence-corrected chi connectivity index (χ3v) is 2.49. The van der Waals surface area contributed by atoms with Gasteiger partial charge in [-0.2, -0.15) is 0 Å². The predicted octanol–water partition coefficient (Wildman–Crippen LogP) is 1.39. The second-order valence-corrected chi connectivity index (χ2v) is 3.73. The molecule has 1 aromatic heterocycles. The standard InChI is InChI=1S/C11H18N2O2/c1-5-9-8(3)11(14)13-10(12-9)7(2)6-15-4/h7H,5-6H2,1-4H3,(H,12,13,14). The smallest absolute Gasteiger partial charge is 0.254 e. The Morgan fingerprint density at radius 3 is 2.73 bits per heavy atom. The monoisotopic (exact) mass is 210 g/mol. The number of nitrogens with zero attached hydrogens (tertiary/aromatic N) is 1. The normalized spacial score (nSPS) is 12.8. The summed E-state index contributed by atoms with van der Waals surface area (Å²) in [6.45, 7) is 6.35. The van der Waals surface area contributed by atoms with Crippen LogP contribution in [-0.4, -0.2) is 23.7 Å². The molecule has 0 fully saturated rings. The molecule has 1 unspecified atom stereocenters. The van der Waals surface area contributed by atoms with E-state index in [-0.39, 0.29) is 11.5 Å². The zero-order chi connectivity index (χ0) is 11.4. The molecule has 0 spiro atoms. The molecule has 1 N–H and O–H groups in total. The molecule has 84 valence electrons. The quantitative estimate of drug-likeness (QED) is 0.817. The molecule has 15 heavy (non-hydrogen) atoms. The lowest BCUT2D eigenvalue weighted by Gasteiger charge is -2.11. The van der Waals surface area contributed by atoms with Crippen molar-refractivity contribution in [3.8, 4) is 0 Å². The number of hydrogen-bond acceptors (Lipinski definition) is 3. The van der Waals surface area contributed by atoms with Crippen LogP contribution in [-0.2, 0) is 11.2 Å². The summed E-state index contributed by atoms with van der Waals surface area (Å²) >= 11 is 0. The van der Waals surface area contributed by atoms with Gasteiger partial charge in [0.05, 0.1) is 12.3 Å². The fraction of sp³-hybridized carbons (Fsp3) is 0.636. The second-order valence-electron chi connectivity index (χ2n) is 3.73. The van der Waals surface area contributed by atoms with Crippen LogP contribution in [0.2, 0.25) is 0 Å². The van der Waals surface area contributed by atoms with Gasteiger partial charge in [0.15, 0.2) is 0 Å². The number of aryl methyl sites for hydroxylation is 1. The lowest BCUT2D eigenvalue weighted by atomic mass is 10.1. The van der Waals surface area contributed by atoms with Crippen LogP contribution in [0.1, 0.15) is 36.8 Å². The Balaban J connectivity index is 3.11. The maximum absolute atomic E-state index is 11.6. The van der Waals surface area contributed by atoms with Gasteiger partial charge in [0, 0.05) is 18.6 Å². The van der Waals surface area contributed by atoms with Gasteiger partial charge < -0.3 is 9.72 Å². The fourth-order valence-corrected chi connectivity index (χ4v) is 1.50. The van der Waals surface area contributed by atoms with Gasteiger partial charge in [-0.25, -0.2) is 4.98 Å². The number of aromatic nitrogens is 2. The van der Waals surface area contributed by atoms with Crippen molar-refractivity contribution >= 4 is 0 Å². The molecule has 0 aliphatic carbocycles. The largest absolute Gasteiger partial charge is 0.384 e. The van der Waals surface area contributed by atoms with Gasteiger partial charge in [-0.3, -0.25) is 4.79 Å². The number of nitrogens with one attached hydrogen (secondary N) is 1. The number of rotatable bonds is 4. The lowest BCUT2D eigenvalue weighted by molar-refractivity contribution is 0.181. The summed E-state index contributed by atoms with van der Waals surface area (Å²) in [6.07, 6.45) is 0.780. The molecule has 1 rings (SSSR count). The highest BCUT2D eigenvalue weighted by molar-refractivity contribution is 5.16. The Bertz CT molecular complexity index is 385. The van der Waals surface area contributed by atoms with Crippen molar-refractivity contribution < 1.29 is 4.74 Å². The van der Waals surface area contributed by atoms with Gasteiger partial charge in [-0.15, -0.1) is 0 Å². The van der Waals surface area contributed by atoms with Crippen LogP contribution in [0, 0.1) is 6.92 Å². The van der Waals surface area contributed by atoms with Crippen LogP contribution in [0.15, 0.2) is 4.79 Å². The molecular formula is C11H18N2O2. The SMILES string of the molecule is CCc1nc(C(C)COC)[nH]c(=O)c1C. The van der Waals surface area contributed by atoms with E-state index >= 15 is 0 Å². The van der Waals surface area contributed by atoms with Gasteiger partial charge in [-0.1, -0.05) is 13.8 Å². The topological polar surface area (TPSA) is 55.0 Å². The highest BCUT2D eigenvalue weighted by atomic mass is 16.5. The van der Waals surface area contributed by atoms with Crippen LogP contribution in [0.4, 0.5) is 0 Å². The molecule has 0 aliphatic heterocycles. The zero-order valence-electron chi connectivity index (χ0n) is 9.76.